The molecule has 0 radical (unpaired) electrons. The van der Waals surface area contributed by atoms with Gasteiger partial charge < -0.3 is 20.1 Å². The number of nitrogens with zero attached hydrogens (tertiary/aromatic N) is 3. The summed E-state index contributed by atoms with van der Waals surface area (Å²) in [7, 11) is 0. The number of carbonyl (C=O) groups excluding carboxylic acids is 3. The van der Waals surface area contributed by atoms with Crippen molar-refractivity contribution in [3.63, 3.8) is 0 Å². The van der Waals surface area contributed by atoms with Gasteiger partial charge in [-0.3, -0.25) is 14.4 Å². The van der Waals surface area contributed by atoms with E-state index in [0.29, 0.717) is 51.3 Å². The fraction of sp³-hybridized carbons (Fsp3) is 0.647. The van der Waals surface area contributed by atoms with Crippen LogP contribution in [0.3, 0.4) is 0 Å². The lowest BCUT2D eigenvalue weighted by Gasteiger charge is -2.32. The van der Waals surface area contributed by atoms with E-state index in [0.717, 1.165) is 19.4 Å². The number of piperidine rings is 1. The van der Waals surface area contributed by atoms with Gasteiger partial charge in [0.2, 0.25) is 17.7 Å². The number of nitrogens with one attached hydrogen (secondary N) is 2. The highest BCUT2D eigenvalue weighted by atomic mass is 16.2. The monoisotopic (exact) mass is 347 g/mol. The van der Waals surface area contributed by atoms with Crippen molar-refractivity contribution in [2.45, 2.75) is 38.6 Å². The Hall–Kier alpha value is -2.38. The SMILES string of the molecule is O=C(NCc1ncc[nH]1)C1CCC(=O)N(CCCN2CCCC2=O)C1. The van der Waals surface area contributed by atoms with Gasteiger partial charge in [-0.05, 0) is 19.3 Å². The molecule has 8 nitrogen and oxygen atoms in total. The number of aromatic nitrogens is 2. The van der Waals surface area contributed by atoms with Gasteiger partial charge in [0.25, 0.3) is 0 Å². The average Bonchev–Trinajstić information content (AvgIpc) is 3.26. The van der Waals surface area contributed by atoms with E-state index >= 15 is 0 Å². The zero-order chi connectivity index (χ0) is 17.6. The van der Waals surface area contributed by atoms with E-state index in [4.69, 9.17) is 0 Å². The highest BCUT2D eigenvalue weighted by Gasteiger charge is 2.30. The molecule has 0 spiro atoms. The van der Waals surface area contributed by atoms with Gasteiger partial charge in [0.15, 0.2) is 0 Å². The van der Waals surface area contributed by atoms with Crippen LogP contribution in [0, 0.1) is 5.92 Å². The molecule has 1 atom stereocenters. The van der Waals surface area contributed by atoms with Gasteiger partial charge in [-0.2, -0.15) is 0 Å². The van der Waals surface area contributed by atoms with Crippen LogP contribution in [0.15, 0.2) is 12.4 Å². The Labute approximate surface area is 147 Å². The molecule has 3 heterocycles. The van der Waals surface area contributed by atoms with Gasteiger partial charge in [-0.25, -0.2) is 4.98 Å². The highest BCUT2D eigenvalue weighted by molar-refractivity contribution is 5.83. The molecule has 3 rings (SSSR count). The summed E-state index contributed by atoms with van der Waals surface area (Å²) in [5, 5.41) is 2.87. The normalized spacial score (nSPS) is 21.0. The van der Waals surface area contributed by atoms with Crippen molar-refractivity contribution in [2.24, 2.45) is 5.92 Å². The molecule has 2 N–H and O–H groups in total. The second-order valence-corrected chi connectivity index (χ2v) is 6.67. The first-order valence-electron chi connectivity index (χ1n) is 8.95. The van der Waals surface area contributed by atoms with E-state index in [1.54, 1.807) is 17.3 Å². The number of carbonyl (C=O) groups is 3. The summed E-state index contributed by atoms with van der Waals surface area (Å²) < 4.78 is 0. The number of H-pyrrole nitrogens is 1. The Balaban J connectivity index is 1.43. The van der Waals surface area contributed by atoms with Gasteiger partial charge >= 0.3 is 0 Å². The molecule has 2 fully saturated rings. The molecule has 8 heteroatoms. The zero-order valence-corrected chi connectivity index (χ0v) is 14.4. The molecule has 0 bridgehead atoms. The van der Waals surface area contributed by atoms with Gasteiger partial charge in [-0.1, -0.05) is 0 Å². The maximum absolute atomic E-state index is 12.3. The molecular formula is C17H25N5O3. The molecule has 25 heavy (non-hydrogen) atoms. The van der Waals surface area contributed by atoms with Gasteiger partial charge in [-0.15, -0.1) is 0 Å². The van der Waals surface area contributed by atoms with Crippen molar-refractivity contribution in [1.29, 1.82) is 0 Å². The van der Waals surface area contributed by atoms with E-state index in [2.05, 4.69) is 15.3 Å². The van der Waals surface area contributed by atoms with Crippen LogP contribution in [0.5, 0.6) is 0 Å². The minimum atomic E-state index is -0.180. The fourth-order valence-electron chi connectivity index (χ4n) is 3.45. The number of aromatic amines is 1. The van der Waals surface area contributed by atoms with Crippen LogP contribution in [0.2, 0.25) is 0 Å². The molecule has 0 aromatic carbocycles. The third-order valence-corrected chi connectivity index (χ3v) is 4.88. The first kappa shape index (κ1) is 17.4. The van der Waals surface area contributed by atoms with Crippen molar-refractivity contribution in [3.8, 4) is 0 Å². The van der Waals surface area contributed by atoms with Gasteiger partial charge in [0.05, 0.1) is 12.5 Å². The number of imidazole rings is 1. The Morgan fingerprint density at radius 2 is 2.04 bits per heavy atom. The molecule has 2 aliphatic rings. The Bertz CT molecular complexity index is 616. The molecule has 136 valence electrons. The van der Waals surface area contributed by atoms with Crippen LogP contribution in [0.25, 0.3) is 0 Å². The van der Waals surface area contributed by atoms with E-state index in [1.807, 2.05) is 4.90 Å². The molecule has 1 unspecified atom stereocenters. The number of likely N-dealkylation sites (tertiary alicyclic amines) is 2. The maximum Gasteiger partial charge on any atom is 0.225 e. The van der Waals surface area contributed by atoms with Crippen LogP contribution in [0.1, 0.15) is 37.9 Å². The van der Waals surface area contributed by atoms with E-state index < -0.39 is 0 Å². The number of amides is 3. The molecule has 2 saturated heterocycles. The molecule has 2 aliphatic heterocycles. The molecule has 1 aromatic rings. The summed E-state index contributed by atoms with van der Waals surface area (Å²) in [5.41, 5.74) is 0. The van der Waals surface area contributed by atoms with Crippen molar-refractivity contribution in [2.75, 3.05) is 26.2 Å². The molecule has 0 aliphatic carbocycles. The minimum absolute atomic E-state index is 0.0383. The van der Waals surface area contributed by atoms with Gasteiger partial charge in [0, 0.05) is 51.4 Å². The lowest BCUT2D eigenvalue weighted by Crippen LogP contribution is -2.46. The molecular weight excluding hydrogens is 322 g/mol. The summed E-state index contributed by atoms with van der Waals surface area (Å²) >= 11 is 0. The number of hydrogen-bond acceptors (Lipinski definition) is 4. The second-order valence-electron chi connectivity index (χ2n) is 6.67. The Morgan fingerprint density at radius 1 is 1.24 bits per heavy atom. The van der Waals surface area contributed by atoms with E-state index in [1.165, 1.54) is 0 Å². The molecule has 3 amide bonds. The Morgan fingerprint density at radius 3 is 2.76 bits per heavy atom. The Kier molecular flexibility index (Phi) is 5.67. The third-order valence-electron chi connectivity index (χ3n) is 4.88. The van der Waals surface area contributed by atoms with Crippen LogP contribution >= 0.6 is 0 Å². The van der Waals surface area contributed by atoms with Crippen LogP contribution in [0.4, 0.5) is 0 Å². The van der Waals surface area contributed by atoms with Gasteiger partial charge in [0.1, 0.15) is 5.82 Å². The van der Waals surface area contributed by atoms with Crippen LogP contribution < -0.4 is 5.32 Å². The van der Waals surface area contributed by atoms with Crippen LogP contribution in [-0.4, -0.2) is 63.7 Å². The standard InChI is InChI=1S/C17H25N5O3/c23-15-3-1-8-21(15)9-2-10-22-12-13(4-5-16(22)24)17(25)20-11-14-18-6-7-19-14/h6-7,13H,1-5,8-12H2,(H,18,19)(H,20,25). The summed E-state index contributed by atoms with van der Waals surface area (Å²) in [6.07, 6.45) is 6.69. The minimum Gasteiger partial charge on any atom is -0.349 e. The molecule has 1 aromatic heterocycles. The summed E-state index contributed by atoms with van der Waals surface area (Å²) in [6.45, 7) is 2.94. The van der Waals surface area contributed by atoms with Crippen molar-refractivity contribution < 1.29 is 14.4 Å². The molecule has 0 saturated carbocycles. The largest absolute Gasteiger partial charge is 0.349 e. The first-order chi connectivity index (χ1) is 12.1. The average molecular weight is 347 g/mol. The first-order valence-corrected chi connectivity index (χ1v) is 8.95. The smallest absolute Gasteiger partial charge is 0.225 e. The number of rotatable bonds is 7. The summed E-state index contributed by atoms with van der Waals surface area (Å²) in [6, 6.07) is 0. The van der Waals surface area contributed by atoms with Crippen molar-refractivity contribution in [1.82, 2.24) is 25.1 Å². The third kappa shape index (κ3) is 4.58. The van der Waals surface area contributed by atoms with Crippen molar-refractivity contribution >= 4 is 17.7 Å². The lowest BCUT2D eigenvalue weighted by molar-refractivity contribution is -0.138. The number of hydrogen-bond donors (Lipinski definition) is 2. The second kappa shape index (κ2) is 8.13. The summed E-state index contributed by atoms with van der Waals surface area (Å²) in [5.74, 6) is 0.806. The van der Waals surface area contributed by atoms with E-state index in [9.17, 15) is 14.4 Å². The van der Waals surface area contributed by atoms with Crippen molar-refractivity contribution in [3.05, 3.63) is 18.2 Å². The quantitative estimate of drug-likeness (QED) is 0.740. The lowest BCUT2D eigenvalue weighted by atomic mass is 9.96. The highest BCUT2D eigenvalue weighted by Crippen LogP contribution is 2.19. The van der Waals surface area contributed by atoms with Crippen LogP contribution in [-0.2, 0) is 20.9 Å². The predicted molar refractivity (Wildman–Crippen MR) is 90.2 cm³/mol. The topological polar surface area (TPSA) is 98.4 Å². The fourth-order valence-corrected chi connectivity index (χ4v) is 3.45. The predicted octanol–water partition coefficient (Wildman–Crippen LogP) is 0.277. The maximum atomic E-state index is 12.3. The summed E-state index contributed by atoms with van der Waals surface area (Å²) in [4.78, 5) is 46.7. The van der Waals surface area contributed by atoms with E-state index in [-0.39, 0.29) is 23.6 Å². The zero-order valence-electron chi connectivity index (χ0n) is 14.4.